The van der Waals surface area contributed by atoms with Gasteiger partial charge >= 0.3 is 12.2 Å². The van der Waals surface area contributed by atoms with E-state index in [9.17, 15) is 19.5 Å². The molecule has 1 aromatic rings. The number of anilines is 3. The average molecular weight is 381 g/mol. The topological polar surface area (TPSA) is 172 Å². The predicted molar refractivity (Wildman–Crippen MR) is 94.1 cm³/mol. The van der Waals surface area contributed by atoms with E-state index in [0.717, 1.165) is 6.20 Å². The van der Waals surface area contributed by atoms with Gasteiger partial charge in [0, 0.05) is 0 Å². The second kappa shape index (κ2) is 11.2. The molecule has 12 heteroatoms. The lowest BCUT2D eigenvalue weighted by Crippen LogP contribution is -2.31. The maximum Gasteiger partial charge on any atom is 0.414 e. The summed E-state index contributed by atoms with van der Waals surface area (Å²) in [5, 5.41) is 24.8. The molecule has 0 saturated heterocycles. The van der Waals surface area contributed by atoms with Crippen LogP contribution in [-0.4, -0.2) is 64.2 Å². The molecule has 1 rings (SSSR count). The third-order valence-electron chi connectivity index (χ3n) is 2.62. The van der Waals surface area contributed by atoms with Crippen LogP contribution in [0.25, 0.3) is 0 Å². The summed E-state index contributed by atoms with van der Waals surface area (Å²) in [4.78, 5) is 42.6. The van der Waals surface area contributed by atoms with Gasteiger partial charge in [-0.1, -0.05) is 25.3 Å². The molecule has 0 aromatic carbocycles. The van der Waals surface area contributed by atoms with Gasteiger partial charge in [-0.25, -0.2) is 14.6 Å². The quantitative estimate of drug-likeness (QED) is 0.375. The zero-order valence-corrected chi connectivity index (χ0v) is 14.2. The van der Waals surface area contributed by atoms with Gasteiger partial charge in [0.05, 0.1) is 12.8 Å². The highest BCUT2D eigenvalue weighted by Crippen LogP contribution is 2.20. The van der Waals surface area contributed by atoms with Gasteiger partial charge in [-0.05, 0) is 0 Å². The zero-order chi connectivity index (χ0) is 20.2. The van der Waals surface area contributed by atoms with Gasteiger partial charge in [0.1, 0.15) is 18.9 Å². The summed E-state index contributed by atoms with van der Waals surface area (Å²) < 4.78 is 9.45. The van der Waals surface area contributed by atoms with E-state index >= 15 is 0 Å². The van der Waals surface area contributed by atoms with E-state index in [1.807, 2.05) is 0 Å². The van der Waals surface area contributed by atoms with Crippen molar-refractivity contribution in [3.8, 4) is 0 Å². The predicted octanol–water partition coefficient (Wildman–Crippen LogP) is 0.237. The van der Waals surface area contributed by atoms with Crippen LogP contribution in [-0.2, 0) is 14.3 Å². The van der Waals surface area contributed by atoms with E-state index in [2.05, 4.69) is 39.1 Å². The molecule has 0 radical (unpaired) electrons. The van der Waals surface area contributed by atoms with Crippen LogP contribution in [0.5, 0.6) is 0 Å². The standard InChI is InChI=1S/C15H19N5O7/c1-3-5-26-14(24)19-11-9(17-12(23)10(22)8-21)7-16-13(18-11)20-15(25)27-6-4-2/h3-4,7,10,21-22H,1-2,5-6,8H2,(H,17,23)(H2,16,18,19,20,24,25)/t10-/m1/s1. The van der Waals surface area contributed by atoms with Crippen molar-refractivity contribution in [3.63, 3.8) is 0 Å². The minimum atomic E-state index is -1.70. The number of nitrogens with one attached hydrogen (secondary N) is 3. The molecule has 1 heterocycles. The minimum absolute atomic E-state index is 0.0436. The van der Waals surface area contributed by atoms with E-state index in [1.54, 1.807) is 0 Å². The molecule has 0 aliphatic rings. The highest BCUT2D eigenvalue weighted by molar-refractivity contribution is 5.98. The van der Waals surface area contributed by atoms with E-state index in [4.69, 9.17) is 14.6 Å². The third kappa shape index (κ3) is 7.50. The van der Waals surface area contributed by atoms with Crippen LogP contribution >= 0.6 is 0 Å². The first-order valence-electron chi connectivity index (χ1n) is 7.47. The summed E-state index contributed by atoms with van der Waals surface area (Å²) >= 11 is 0. The SMILES string of the molecule is C=CCOC(=O)Nc1ncc(NC(=O)[C@H](O)CO)c(NC(=O)OCC=C)n1. The monoisotopic (exact) mass is 381 g/mol. The second-order valence-electron chi connectivity index (χ2n) is 4.67. The van der Waals surface area contributed by atoms with Crippen molar-refractivity contribution in [2.45, 2.75) is 6.10 Å². The van der Waals surface area contributed by atoms with Crippen LogP contribution in [0, 0.1) is 0 Å². The number of hydrogen-bond acceptors (Lipinski definition) is 9. The van der Waals surface area contributed by atoms with Crippen molar-refractivity contribution in [2.75, 3.05) is 35.8 Å². The minimum Gasteiger partial charge on any atom is -0.445 e. The summed E-state index contributed by atoms with van der Waals surface area (Å²) in [7, 11) is 0. The Morgan fingerprint density at radius 1 is 1.11 bits per heavy atom. The maximum atomic E-state index is 11.7. The van der Waals surface area contributed by atoms with Crippen molar-refractivity contribution >= 4 is 35.5 Å². The van der Waals surface area contributed by atoms with Gasteiger partial charge in [0.15, 0.2) is 11.9 Å². The fraction of sp³-hybridized carbons (Fsp3) is 0.267. The van der Waals surface area contributed by atoms with Crippen molar-refractivity contribution in [1.82, 2.24) is 9.97 Å². The normalized spacial score (nSPS) is 10.9. The van der Waals surface area contributed by atoms with E-state index in [-0.39, 0.29) is 30.7 Å². The van der Waals surface area contributed by atoms with Crippen molar-refractivity contribution < 1.29 is 34.1 Å². The van der Waals surface area contributed by atoms with Crippen molar-refractivity contribution in [3.05, 3.63) is 31.5 Å². The molecule has 1 atom stereocenters. The third-order valence-corrected chi connectivity index (χ3v) is 2.62. The molecular formula is C15H19N5O7. The Morgan fingerprint density at radius 3 is 2.26 bits per heavy atom. The molecule has 146 valence electrons. The fourth-order valence-corrected chi connectivity index (χ4v) is 1.46. The second-order valence-corrected chi connectivity index (χ2v) is 4.67. The lowest BCUT2D eigenvalue weighted by molar-refractivity contribution is -0.125. The van der Waals surface area contributed by atoms with Gasteiger partial charge < -0.3 is 25.0 Å². The van der Waals surface area contributed by atoms with Crippen LogP contribution in [0.3, 0.4) is 0 Å². The van der Waals surface area contributed by atoms with Gasteiger partial charge in [0.25, 0.3) is 5.91 Å². The Balaban J connectivity index is 3.00. The summed E-state index contributed by atoms with van der Waals surface area (Å²) in [5.74, 6) is -1.45. The maximum absolute atomic E-state index is 11.7. The molecule has 3 amide bonds. The Bertz CT molecular complexity index is 710. The number of carbonyl (C=O) groups excluding carboxylic acids is 3. The lowest BCUT2D eigenvalue weighted by Gasteiger charge is -2.14. The first kappa shape index (κ1) is 21.5. The number of carbonyl (C=O) groups is 3. The molecule has 5 N–H and O–H groups in total. The average Bonchev–Trinajstić information content (AvgIpc) is 2.65. The molecule has 0 spiro atoms. The largest absolute Gasteiger partial charge is 0.445 e. The Kier molecular flexibility index (Phi) is 8.91. The van der Waals surface area contributed by atoms with Crippen molar-refractivity contribution in [1.29, 1.82) is 0 Å². The summed E-state index contributed by atoms with van der Waals surface area (Å²) in [6.07, 6.45) is 0.254. The number of aliphatic hydroxyl groups excluding tert-OH is 2. The number of aromatic nitrogens is 2. The number of ether oxygens (including phenoxy) is 2. The molecule has 0 aliphatic heterocycles. The first-order chi connectivity index (χ1) is 12.9. The number of hydrogen-bond donors (Lipinski definition) is 5. The van der Waals surface area contributed by atoms with Crippen LogP contribution in [0.4, 0.5) is 27.0 Å². The molecule has 0 unspecified atom stereocenters. The number of rotatable bonds is 9. The van der Waals surface area contributed by atoms with Crippen LogP contribution in [0.2, 0.25) is 0 Å². The lowest BCUT2D eigenvalue weighted by atomic mass is 10.3. The molecular weight excluding hydrogens is 362 g/mol. The first-order valence-corrected chi connectivity index (χ1v) is 7.47. The highest BCUT2D eigenvalue weighted by atomic mass is 16.6. The molecule has 0 bridgehead atoms. The zero-order valence-electron chi connectivity index (χ0n) is 14.2. The van der Waals surface area contributed by atoms with Crippen LogP contribution < -0.4 is 16.0 Å². The van der Waals surface area contributed by atoms with Crippen molar-refractivity contribution in [2.24, 2.45) is 0 Å². The van der Waals surface area contributed by atoms with Gasteiger partial charge in [-0.2, -0.15) is 4.98 Å². The summed E-state index contributed by atoms with van der Waals surface area (Å²) in [5.41, 5.74) is -0.118. The molecule has 0 fully saturated rings. The summed E-state index contributed by atoms with van der Waals surface area (Å²) in [6, 6.07) is 0. The Labute approximate surface area is 153 Å². The van der Waals surface area contributed by atoms with Gasteiger partial charge in [-0.3, -0.25) is 15.4 Å². The van der Waals surface area contributed by atoms with Gasteiger partial charge in [-0.15, -0.1) is 0 Å². The van der Waals surface area contributed by atoms with Gasteiger partial charge in [0.2, 0.25) is 5.95 Å². The molecule has 1 aromatic heterocycles. The van der Waals surface area contributed by atoms with E-state index in [1.165, 1.54) is 12.2 Å². The molecule has 0 aliphatic carbocycles. The van der Waals surface area contributed by atoms with Crippen LogP contribution in [0.1, 0.15) is 0 Å². The van der Waals surface area contributed by atoms with E-state index in [0.29, 0.717) is 0 Å². The molecule has 12 nitrogen and oxygen atoms in total. The number of nitrogens with zero attached hydrogens (tertiary/aromatic N) is 2. The van der Waals surface area contributed by atoms with E-state index < -0.39 is 30.8 Å². The molecule has 0 saturated carbocycles. The number of amides is 3. The smallest absolute Gasteiger partial charge is 0.414 e. The Hall–Kier alpha value is -3.51. The Morgan fingerprint density at radius 2 is 1.70 bits per heavy atom. The molecule has 27 heavy (non-hydrogen) atoms. The fourth-order valence-electron chi connectivity index (χ4n) is 1.46. The highest BCUT2D eigenvalue weighted by Gasteiger charge is 2.19. The van der Waals surface area contributed by atoms with Crippen LogP contribution in [0.15, 0.2) is 31.5 Å². The number of aliphatic hydroxyl groups is 2. The summed E-state index contributed by atoms with van der Waals surface area (Å²) in [6.45, 7) is 5.84.